The van der Waals surface area contributed by atoms with Crippen LogP contribution < -0.4 is 10.5 Å². The van der Waals surface area contributed by atoms with E-state index in [0.29, 0.717) is 12.2 Å². The molecule has 2 heterocycles. The molecule has 1 aromatic heterocycles. The summed E-state index contributed by atoms with van der Waals surface area (Å²) in [6.07, 6.45) is 5.17. The van der Waals surface area contributed by atoms with Crippen LogP contribution in [-0.2, 0) is 6.54 Å². The summed E-state index contributed by atoms with van der Waals surface area (Å²) in [6.45, 7) is 3.02. The zero-order chi connectivity index (χ0) is 14.1. The minimum atomic E-state index is -0.280. The smallest absolute Gasteiger partial charge is 0.142 e. The monoisotopic (exact) mass is 275 g/mol. The van der Waals surface area contributed by atoms with Crippen LogP contribution in [-0.4, -0.2) is 9.55 Å². The minimum absolute atomic E-state index is 0.128. The van der Waals surface area contributed by atoms with Crippen LogP contribution in [0.2, 0.25) is 0 Å². The quantitative estimate of drug-likeness (QED) is 0.937. The highest BCUT2D eigenvalue weighted by molar-refractivity contribution is 5.39. The van der Waals surface area contributed by atoms with Gasteiger partial charge < -0.3 is 15.0 Å². The van der Waals surface area contributed by atoms with E-state index in [1.807, 2.05) is 12.5 Å². The van der Waals surface area contributed by atoms with Crippen LogP contribution in [0.4, 0.5) is 4.39 Å². The first-order valence-corrected chi connectivity index (χ1v) is 6.90. The number of nitrogens with two attached hydrogens (primary N) is 1. The molecule has 1 aliphatic heterocycles. The summed E-state index contributed by atoms with van der Waals surface area (Å²) in [7, 11) is 0. The van der Waals surface area contributed by atoms with Gasteiger partial charge in [-0.25, -0.2) is 9.37 Å². The van der Waals surface area contributed by atoms with Crippen LogP contribution in [0.1, 0.15) is 43.2 Å². The summed E-state index contributed by atoms with van der Waals surface area (Å²) in [5.41, 5.74) is 7.92. The fraction of sp³-hybridized carbons (Fsp3) is 0.400. The summed E-state index contributed by atoms with van der Waals surface area (Å²) in [5.74, 6) is 0.386. The Bertz CT molecular complexity index is 611. The summed E-state index contributed by atoms with van der Waals surface area (Å²) >= 11 is 0. The second kappa shape index (κ2) is 5.25. The molecule has 0 saturated heterocycles. The van der Waals surface area contributed by atoms with Gasteiger partial charge in [0.1, 0.15) is 17.7 Å². The van der Waals surface area contributed by atoms with Gasteiger partial charge in [0.25, 0.3) is 0 Å². The number of fused-ring (bicyclic) bond motifs is 1. The highest BCUT2D eigenvalue weighted by atomic mass is 19.1. The number of hydrogen-bond acceptors (Lipinski definition) is 3. The van der Waals surface area contributed by atoms with Crippen LogP contribution in [0.3, 0.4) is 0 Å². The average Bonchev–Trinajstić information content (AvgIpc) is 2.88. The SMILES string of the molecule is CCCn1cncc1C1CC(N)c2cc(F)ccc2O1. The lowest BCUT2D eigenvalue weighted by Gasteiger charge is -2.30. The molecule has 106 valence electrons. The highest BCUT2D eigenvalue weighted by Gasteiger charge is 2.29. The van der Waals surface area contributed by atoms with Gasteiger partial charge in [0.15, 0.2) is 0 Å². The van der Waals surface area contributed by atoms with Gasteiger partial charge >= 0.3 is 0 Å². The normalized spacial score (nSPS) is 21.4. The van der Waals surface area contributed by atoms with Crippen molar-refractivity contribution in [1.82, 2.24) is 9.55 Å². The number of imidazole rings is 1. The molecule has 2 aromatic rings. The van der Waals surface area contributed by atoms with Gasteiger partial charge in [-0.05, 0) is 24.6 Å². The molecule has 3 rings (SSSR count). The second-order valence-corrected chi connectivity index (χ2v) is 5.14. The van der Waals surface area contributed by atoms with Gasteiger partial charge in [0.2, 0.25) is 0 Å². The highest BCUT2D eigenvalue weighted by Crippen LogP contribution is 2.39. The molecule has 2 N–H and O–H groups in total. The molecule has 0 aliphatic carbocycles. The average molecular weight is 275 g/mol. The first kappa shape index (κ1) is 13.1. The van der Waals surface area contributed by atoms with E-state index in [2.05, 4.69) is 16.5 Å². The molecule has 2 unspecified atom stereocenters. The Morgan fingerprint density at radius 3 is 3.15 bits per heavy atom. The number of ether oxygens (including phenoxy) is 1. The van der Waals surface area contributed by atoms with Gasteiger partial charge in [-0.1, -0.05) is 6.92 Å². The van der Waals surface area contributed by atoms with Crippen molar-refractivity contribution < 1.29 is 9.13 Å². The summed E-state index contributed by atoms with van der Waals surface area (Å²) in [5, 5.41) is 0. The van der Waals surface area contributed by atoms with Crippen molar-refractivity contribution >= 4 is 0 Å². The van der Waals surface area contributed by atoms with Gasteiger partial charge in [-0.2, -0.15) is 0 Å². The molecule has 2 atom stereocenters. The second-order valence-electron chi connectivity index (χ2n) is 5.14. The maximum Gasteiger partial charge on any atom is 0.142 e. The Morgan fingerprint density at radius 1 is 1.50 bits per heavy atom. The van der Waals surface area contributed by atoms with E-state index >= 15 is 0 Å². The Hall–Kier alpha value is -1.88. The van der Waals surface area contributed by atoms with Gasteiger partial charge in [0, 0.05) is 24.6 Å². The number of benzene rings is 1. The molecule has 0 radical (unpaired) electrons. The molecule has 0 saturated carbocycles. The van der Waals surface area contributed by atoms with Crippen LogP contribution in [0.5, 0.6) is 5.75 Å². The Kier molecular flexibility index (Phi) is 3.44. The number of rotatable bonds is 3. The van der Waals surface area contributed by atoms with Crippen molar-refractivity contribution in [3.05, 3.63) is 47.8 Å². The zero-order valence-corrected chi connectivity index (χ0v) is 11.4. The van der Waals surface area contributed by atoms with Crippen LogP contribution in [0.15, 0.2) is 30.7 Å². The van der Waals surface area contributed by atoms with Gasteiger partial charge in [0.05, 0.1) is 18.2 Å². The number of aromatic nitrogens is 2. The summed E-state index contributed by atoms with van der Waals surface area (Å²) < 4.78 is 21.3. The van der Waals surface area contributed by atoms with E-state index in [0.717, 1.165) is 24.2 Å². The fourth-order valence-electron chi connectivity index (χ4n) is 2.68. The van der Waals surface area contributed by atoms with E-state index < -0.39 is 0 Å². The van der Waals surface area contributed by atoms with E-state index in [-0.39, 0.29) is 18.0 Å². The van der Waals surface area contributed by atoms with Crippen molar-refractivity contribution in [3.8, 4) is 5.75 Å². The molecular weight excluding hydrogens is 257 g/mol. The van der Waals surface area contributed by atoms with E-state index in [4.69, 9.17) is 10.5 Å². The van der Waals surface area contributed by atoms with Crippen LogP contribution in [0.25, 0.3) is 0 Å². The molecular formula is C15H18FN3O. The van der Waals surface area contributed by atoms with E-state index in [1.165, 1.54) is 12.1 Å². The lowest BCUT2D eigenvalue weighted by molar-refractivity contribution is 0.152. The third kappa shape index (κ3) is 2.29. The number of halogens is 1. The lowest BCUT2D eigenvalue weighted by Crippen LogP contribution is -2.25. The maximum atomic E-state index is 13.3. The standard InChI is InChI=1S/C15H18FN3O/c1-2-5-19-9-18-8-13(19)15-7-12(17)11-6-10(16)3-4-14(11)20-15/h3-4,6,8-9,12,15H,2,5,7,17H2,1H3. The molecule has 1 aliphatic rings. The van der Waals surface area contributed by atoms with Crippen molar-refractivity contribution in [2.45, 2.75) is 38.5 Å². The lowest BCUT2D eigenvalue weighted by atomic mass is 9.96. The topological polar surface area (TPSA) is 53.1 Å². The molecule has 0 bridgehead atoms. The number of aryl methyl sites for hydroxylation is 1. The van der Waals surface area contributed by atoms with E-state index in [9.17, 15) is 4.39 Å². The maximum absolute atomic E-state index is 13.3. The molecule has 0 amide bonds. The van der Waals surface area contributed by atoms with Crippen LogP contribution in [0, 0.1) is 5.82 Å². The Morgan fingerprint density at radius 2 is 2.35 bits per heavy atom. The van der Waals surface area contributed by atoms with Crippen molar-refractivity contribution in [1.29, 1.82) is 0 Å². The van der Waals surface area contributed by atoms with Crippen molar-refractivity contribution in [3.63, 3.8) is 0 Å². The molecule has 5 heteroatoms. The Labute approximate surface area is 117 Å². The molecule has 20 heavy (non-hydrogen) atoms. The molecule has 0 fully saturated rings. The van der Waals surface area contributed by atoms with Crippen molar-refractivity contribution in [2.24, 2.45) is 5.73 Å². The van der Waals surface area contributed by atoms with E-state index in [1.54, 1.807) is 6.07 Å². The van der Waals surface area contributed by atoms with Gasteiger partial charge in [-0.15, -0.1) is 0 Å². The van der Waals surface area contributed by atoms with Crippen LogP contribution >= 0.6 is 0 Å². The fourth-order valence-corrected chi connectivity index (χ4v) is 2.68. The molecule has 0 spiro atoms. The summed E-state index contributed by atoms with van der Waals surface area (Å²) in [4.78, 5) is 4.19. The number of nitrogens with zero attached hydrogens (tertiary/aromatic N) is 2. The first-order valence-electron chi connectivity index (χ1n) is 6.90. The molecule has 1 aromatic carbocycles. The van der Waals surface area contributed by atoms with Gasteiger partial charge in [-0.3, -0.25) is 0 Å². The predicted octanol–water partition coefficient (Wildman–Crippen LogP) is 2.96. The minimum Gasteiger partial charge on any atom is -0.484 e. The third-order valence-electron chi connectivity index (χ3n) is 3.65. The predicted molar refractivity (Wildman–Crippen MR) is 73.8 cm³/mol. The first-order chi connectivity index (χ1) is 9.69. The Balaban J connectivity index is 1.91. The summed E-state index contributed by atoms with van der Waals surface area (Å²) in [6, 6.07) is 4.29. The zero-order valence-electron chi connectivity index (χ0n) is 11.4. The largest absolute Gasteiger partial charge is 0.484 e. The number of hydrogen-bond donors (Lipinski definition) is 1. The third-order valence-corrected chi connectivity index (χ3v) is 3.65. The van der Waals surface area contributed by atoms with Crippen molar-refractivity contribution in [2.75, 3.05) is 0 Å². The molecule has 4 nitrogen and oxygen atoms in total.